The molecule has 2 aromatic carbocycles. The number of rotatable bonds is 8. The topological polar surface area (TPSA) is 125 Å². The molecule has 0 heterocycles. The highest BCUT2D eigenvalue weighted by Gasteiger charge is 2.22. The van der Waals surface area contributed by atoms with Gasteiger partial charge in [0, 0.05) is 30.2 Å². The SMILES string of the molecule is COc1ccc([N+](=O)[O-])cc1C[C@H](NC(=O)Cc1cc(F)cc(F)c1)C(N)=O. The molecule has 2 rings (SSSR count). The van der Waals surface area contributed by atoms with Gasteiger partial charge in [0.15, 0.2) is 0 Å². The molecule has 2 aromatic rings. The summed E-state index contributed by atoms with van der Waals surface area (Å²) < 4.78 is 31.6. The van der Waals surface area contributed by atoms with Gasteiger partial charge in [-0.2, -0.15) is 0 Å². The minimum Gasteiger partial charge on any atom is -0.496 e. The fourth-order valence-electron chi connectivity index (χ4n) is 2.62. The summed E-state index contributed by atoms with van der Waals surface area (Å²) in [5.41, 5.74) is 5.46. The van der Waals surface area contributed by atoms with Crippen LogP contribution in [-0.2, 0) is 22.4 Å². The summed E-state index contributed by atoms with van der Waals surface area (Å²) in [5.74, 6) is -2.98. The Labute approximate surface area is 158 Å². The van der Waals surface area contributed by atoms with Gasteiger partial charge in [0.25, 0.3) is 5.69 Å². The second kappa shape index (κ2) is 8.89. The van der Waals surface area contributed by atoms with Crippen molar-refractivity contribution in [1.29, 1.82) is 0 Å². The lowest BCUT2D eigenvalue weighted by Gasteiger charge is -2.17. The zero-order chi connectivity index (χ0) is 20.8. The molecule has 0 bridgehead atoms. The van der Waals surface area contributed by atoms with Crippen LogP contribution in [0.15, 0.2) is 36.4 Å². The molecule has 0 aliphatic carbocycles. The van der Waals surface area contributed by atoms with Crippen LogP contribution in [0.3, 0.4) is 0 Å². The molecule has 0 radical (unpaired) electrons. The van der Waals surface area contributed by atoms with Crippen LogP contribution in [0, 0.1) is 21.7 Å². The van der Waals surface area contributed by atoms with Crippen LogP contribution in [0.25, 0.3) is 0 Å². The number of hydrogen-bond donors (Lipinski definition) is 2. The Morgan fingerprint density at radius 1 is 1.21 bits per heavy atom. The molecule has 8 nitrogen and oxygen atoms in total. The Bertz CT molecular complexity index is 900. The molecule has 0 fully saturated rings. The van der Waals surface area contributed by atoms with Crippen molar-refractivity contribution in [3.05, 3.63) is 69.3 Å². The summed E-state index contributed by atoms with van der Waals surface area (Å²) in [6.07, 6.45) is -0.548. The molecular weight excluding hydrogens is 376 g/mol. The highest BCUT2D eigenvalue weighted by molar-refractivity contribution is 5.87. The summed E-state index contributed by atoms with van der Waals surface area (Å²) >= 11 is 0. The number of amides is 2. The first-order valence-electron chi connectivity index (χ1n) is 8.04. The second-order valence-electron chi connectivity index (χ2n) is 5.93. The number of nitro benzene ring substituents is 1. The van der Waals surface area contributed by atoms with Crippen molar-refractivity contribution < 1.29 is 28.0 Å². The van der Waals surface area contributed by atoms with E-state index < -0.39 is 34.4 Å². The number of benzene rings is 2. The number of primary amides is 1. The standard InChI is InChI=1S/C18H17F2N3O5/c1-28-16-3-2-14(23(26)27)7-11(16)8-15(18(21)25)22-17(24)6-10-4-12(19)9-13(20)5-10/h2-5,7,9,15H,6,8H2,1H3,(H2,21,25)(H,22,24)/t15-/m0/s1. The molecule has 0 unspecified atom stereocenters. The molecule has 0 aromatic heterocycles. The van der Waals surface area contributed by atoms with Crippen LogP contribution < -0.4 is 15.8 Å². The summed E-state index contributed by atoms with van der Waals surface area (Å²) in [4.78, 5) is 34.2. The number of nitrogens with one attached hydrogen (secondary N) is 1. The van der Waals surface area contributed by atoms with Crippen molar-refractivity contribution in [1.82, 2.24) is 5.32 Å². The lowest BCUT2D eigenvalue weighted by Crippen LogP contribution is -2.46. The normalized spacial score (nSPS) is 11.5. The number of non-ortho nitro benzene ring substituents is 1. The molecule has 28 heavy (non-hydrogen) atoms. The molecule has 2 amide bonds. The van der Waals surface area contributed by atoms with Crippen molar-refractivity contribution in [2.24, 2.45) is 5.73 Å². The minimum absolute atomic E-state index is 0.0751. The molecule has 0 aliphatic rings. The van der Waals surface area contributed by atoms with E-state index in [0.717, 1.165) is 12.1 Å². The molecular formula is C18H17F2N3O5. The summed E-state index contributed by atoms with van der Waals surface area (Å²) in [7, 11) is 1.35. The van der Waals surface area contributed by atoms with Gasteiger partial charge in [-0.05, 0) is 23.8 Å². The van der Waals surface area contributed by atoms with Gasteiger partial charge in [0.05, 0.1) is 18.5 Å². The Morgan fingerprint density at radius 3 is 2.39 bits per heavy atom. The average Bonchev–Trinajstić information content (AvgIpc) is 2.59. The third kappa shape index (κ3) is 5.47. The van der Waals surface area contributed by atoms with E-state index in [-0.39, 0.29) is 35.4 Å². The Morgan fingerprint density at radius 2 is 1.86 bits per heavy atom. The van der Waals surface area contributed by atoms with Gasteiger partial charge in [0.2, 0.25) is 11.8 Å². The predicted octanol–water partition coefficient (Wildman–Crippen LogP) is 1.64. The number of nitrogens with two attached hydrogens (primary N) is 1. The summed E-state index contributed by atoms with van der Waals surface area (Å²) in [6, 6.07) is 5.26. The molecule has 0 saturated carbocycles. The van der Waals surface area contributed by atoms with Crippen LogP contribution in [0.5, 0.6) is 5.75 Å². The van der Waals surface area contributed by atoms with Gasteiger partial charge in [-0.3, -0.25) is 19.7 Å². The Balaban J connectivity index is 2.17. The van der Waals surface area contributed by atoms with Gasteiger partial charge >= 0.3 is 0 Å². The van der Waals surface area contributed by atoms with Gasteiger partial charge in [-0.15, -0.1) is 0 Å². The first kappa shape index (κ1) is 20.7. The molecule has 148 valence electrons. The lowest BCUT2D eigenvalue weighted by atomic mass is 10.0. The molecule has 0 aliphatic heterocycles. The zero-order valence-electron chi connectivity index (χ0n) is 14.8. The molecule has 1 atom stereocenters. The monoisotopic (exact) mass is 393 g/mol. The van der Waals surface area contributed by atoms with E-state index in [1.165, 1.54) is 25.3 Å². The highest BCUT2D eigenvalue weighted by Crippen LogP contribution is 2.25. The van der Waals surface area contributed by atoms with Crippen molar-refractivity contribution in [2.45, 2.75) is 18.9 Å². The second-order valence-corrected chi connectivity index (χ2v) is 5.93. The first-order chi connectivity index (χ1) is 13.2. The number of nitro groups is 1. The van der Waals surface area contributed by atoms with E-state index in [1.807, 2.05) is 0 Å². The molecule has 0 saturated heterocycles. The van der Waals surface area contributed by atoms with Gasteiger partial charge < -0.3 is 15.8 Å². The maximum atomic E-state index is 13.2. The summed E-state index contributed by atoms with van der Waals surface area (Å²) in [5, 5.41) is 13.3. The highest BCUT2D eigenvalue weighted by atomic mass is 19.1. The number of halogens is 2. The molecule has 10 heteroatoms. The fourth-order valence-corrected chi connectivity index (χ4v) is 2.62. The number of ether oxygens (including phenoxy) is 1. The zero-order valence-corrected chi connectivity index (χ0v) is 14.8. The van der Waals surface area contributed by atoms with E-state index in [9.17, 15) is 28.5 Å². The lowest BCUT2D eigenvalue weighted by molar-refractivity contribution is -0.384. The molecule has 0 spiro atoms. The number of carbonyl (C=O) groups is 2. The number of hydrogen-bond acceptors (Lipinski definition) is 5. The van der Waals surface area contributed by atoms with Crippen molar-refractivity contribution in [2.75, 3.05) is 7.11 Å². The third-order valence-electron chi connectivity index (χ3n) is 3.86. The van der Waals surface area contributed by atoms with E-state index in [1.54, 1.807) is 0 Å². The maximum absolute atomic E-state index is 13.2. The van der Waals surface area contributed by atoms with Gasteiger partial charge in [0.1, 0.15) is 23.4 Å². The van der Waals surface area contributed by atoms with E-state index in [4.69, 9.17) is 10.5 Å². The number of nitrogens with zero attached hydrogens (tertiary/aromatic N) is 1. The van der Waals surface area contributed by atoms with Crippen LogP contribution in [-0.4, -0.2) is 29.9 Å². The fraction of sp³-hybridized carbons (Fsp3) is 0.222. The quantitative estimate of drug-likeness (QED) is 0.521. The molecule has 3 N–H and O–H groups in total. The first-order valence-corrected chi connectivity index (χ1v) is 8.04. The number of methoxy groups -OCH3 is 1. The third-order valence-corrected chi connectivity index (χ3v) is 3.86. The van der Waals surface area contributed by atoms with Crippen LogP contribution in [0.1, 0.15) is 11.1 Å². The minimum atomic E-state index is -1.21. The largest absolute Gasteiger partial charge is 0.496 e. The van der Waals surface area contributed by atoms with Gasteiger partial charge in [-0.1, -0.05) is 0 Å². The van der Waals surface area contributed by atoms with E-state index in [0.29, 0.717) is 6.07 Å². The van der Waals surface area contributed by atoms with Crippen LogP contribution in [0.4, 0.5) is 14.5 Å². The predicted molar refractivity (Wildman–Crippen MR) is 94.5 cm³/mol. The summed E-state index contributed by atoms with van der Waals surface area (Å²) in [6.45, 7) is 0. The number of carbonyl (C=O) groups excluding carboxylic acids is 2. The maximum Gasteiger partial charge on any atom is 0.269 e. The van der Waals surface area contributed by atoms with Crippen LogP contribution >= 0.6 is 0 Å². The van der Waals surface area contributed by atoms with Crippen molar-refractivity contribution in [3.63, 3.8) is 0 Å². The van der Waals surface area contributed by atoms with Crippen LogP contribution in [0.2, 0.25) is 0 Å². The smallest absolute Gasteiger partial charge is 0.269 e. The van der Waals surface area contributed by atoms with E-state index in [2.05, 4.69) is 5.32 Å². The van der Waals surface area contributed by atoms with E-state index >= 15 is 0 Å². The Hall–Kier alpha value is -3.56. The van der Waals surface area contributed by atoms with Gasteiger partial charge in [-0.25, -0.2) is 8.78 Å². The Kier molecular flexibility index (Phi) is 6.59. The average molecular weight is 393 g/mol. The van der Waals surface area contributed by atoms with Crippen molar-refractivity contribution in [3.8, 4) is 5.75 Å². The van der Waals surface area contributed by atoms with Crippen molar-refractivity contribution >= 4 is 17.5 Å².